The average Bonchev–Trinajstić information content (AvgIpc) is 3.16. The van der Waals surface area contributed by atoms with E-state index < -0.39 is 53.3 Å². The van der Waals surface area contributed by atoms with Crippen LogP contribution in [0.15, 0.2) is 47.1 Å². The number of halogens is 5. The number of nitrogens with two attached hydrogens (primary N) is 1. The zero-order chi connectivity index (χ0) is 22.1. The van der Waals surface area contributed by atoms with Crippen molar-refractivity contribution in [3.63, 3.8) is 0 Å². The van der Waals surface area contributed by atoms with Gasteiger partial charge in [-0.25, -0.2) is 13.8 Å². The molecule has 6 nitrogen and oxygen atoms in total. The first-order valence-corrected chi connectivity index (χ1v) is 8.29. The molecule has 1 amide bonds. The van der Waals surface area contributed by atoms with Crippen molar-refractivity contribution in [3.05, 3.63) is 71.1 Å². The third-order valence-electron chi connectivity index (χ3n) is 4.02. The number of oxazole rings is 1. The average molecular weight is 428 g/mol. The first kappa shape index (κ1) is 21.2. The lowest BCUT2D eigenvalue weighted by Gasteiger charge is -2.12. The minimum absolute atomic E-state index is 0.0393. The molecule has 3 N–H and O–H groups in total. The number of benzene rings is 2. The predicted molar refractivity (Wildman–Crippen MR) is 92.3 cm³/mol. The molecule has 1 aromatic heterocycles. The van der Waals surface area contributed by atoms with E-state index >= 15 is 0 Å². The maximum Gasteiger partial charge on any atom is 0.416 e. The Morgan fingerprint density at radius 2 is 1.83 bits per heavy atom. The predicted octanol–water partition coefficient (Wildman–Crippen LogP) is 3.85. The summed E-state index contributed by atoms with van der Waals surface area (Å²) in [6, 6.07) is 5.71. The molecule has 30 heavy (non-hydrogen) atoms. The minimum Gasteiger partial charge on any atom is -0.487 e. The van der Waals surface area contributed by atoms with Crippen LogP contribution in [0.2, 0.25) is 0 Å². The number of aliphatic hydroxyl groups is 1. The molecule has 1 heterocycles. The van der Waals surface area contributed by atoms with Crippen LogP contribution in [0, 0.1) is 11.6 Å². The van der Waals surface area contributed by atoms with Crippen molar-refractivity contribution >= 4 is 5.91 Å². The number of hydrogen-bond donors (Lipinski definition) is 2. The van der Waals surface area contributed by atoms with Crippen molar-refractivity contribution in [2.24, 2.45) is 5.73 Å². The van der Waals surface area contributed by atoms with Gasteiger partial charge in [0, 0.05) is 5.56 Å². The van der Waals surface area contributed by atoms with Gasteiger partial charge in [-0.1, -0.05) is 0 Å². The highest BCUT2D eigenvalue weighted by atomic mass is 19.4. The van der Waals surface area contributed by atoms with Gasteiger partial charge in [-0.05, 0) is 36.4 Å². The number of aliphatic hydroxyl groups excluding tert-OH is 1. The highest BCUT2D eigenvalue weighted by molar-refractivity contribution is 5.93. The second kappa shape index (κ2) is 8.11. The maximum absolute atomic E-state index is 14.1. The third kappa shape index (κ3) is 4.40. The van der Waals surface area contributed by atoms with Gasteiger partial charge in [0.2, 0.25) is 5.89 Å². The van der Waals surface area contributed by atoms with Gasteiger partial charge >= 0.3 is 6.18 Å². The van der Waals surface area contributed by atoms with Gasteiger partial charge in [-0.2, -0.15) is 13.2 Å². The number of amides is 1. The molecule has 1 atom stereocenters. The molecule has 158 valence electrons. The van der Waals surface area contributed by atoms with Gasteiger partial charge in [-0.15, -0.1) is 0 Å². The SMILES string of the molecule is NC(=O)c1c(F)ccc(OCC(O)c2coc(-c3ccc(C(F)(F)F)cc3)n2)c1F. The van der Waals surface area contributed by atoms with Crippen LogP contribution in [0.4, 0.5) is 22.0 Å². The van der Waals surface area contributed by atoms with Crippen LogP contribution in [-0.4, -0.2) is 22.6 Å². The molecule has 0 fully saturated rings. The second-order valence-electron chi connectivity index (χ2n) is 6.08. The summed E-state index contributed by atoms with van der Waals surface area (Å²) in [6.45, 7) is -0.542. The maximum atomic E-state index is 14.1. The summed E-state index contributed by atoms with van der Waals surface area (Å²) in [7, 11) is 0. The Balaban J connectivity index is 1.71. The van der Waals surface area contributed by atoms with Gasteiger partial charge < -0.3 is 20.0 Å². The van der Waals surface area contributed by atoms with E-state index in [0.717, 1.165) is 42.7 Å². The topological polar surface area (TPSA) is 98.6 Å². The standard InChI is InChI=1S/C19H13F5N2O4/c20-11-5-6-14(16(21)15(11)17(25)28)29-8-13(27)12-7-30-18(26-12)9-1-3-10(4-2-9)19(22,23)24/h1-7,13,27H,8H2,(H2,25,28). The second-order valence-corrected chi connectivity index (χ2v) is 6.08. The number of aromatic nitrogens is 1. The van der Waals surface area contributed by atoms with Gasteiger partial charge in [-0.3, -0.25) is 4.79 Å². The van der Waals surface area contributed by atoms with Crippen molar-refractivity contribution in [2.45, 2.75) is 12.3 Å². The summed E-state index contributed by atoms with van der Waals surface area (Å²) >= 11 is 0. The number of hydrogen-bond acceptors (Lipinski definition) is 5. The number of carbonyl (C=O) groups excluding carboxylic acids is 1. The Labute approximate surface area is 165 Å². The smallest absolute Gasteiger partial charge is 0.416 e. The van der Waals surface area contributed by atoms with Crippen LogP contribution in [0.25, 0.3) is 11.5 Å². The number of nitrogens with zero attached hydrogens (tertiary/aromatic N) is 1. The molecule has 11 heteroatoms. The first-order valence-electron chi connectivity index (χ1n) is 8.29. The summed E-state index contributed by atoms with van der Waals surface area (Å²) in [5.74, 6) is -4.38. The van der Waals surface area contributed by atoms with E-state index in [1.54, 1.807) is 0 Å². The lowest BCUT2D eigenvalue weighted by Crippen LogP contribution is -2.17. The molecule has 3 rings (SSSR count). The van der Waals surface area contributed by atoms with Gasteiger partial charge in [0.15, 0.2) is 11.6 Å². The Bertz CT molecular complexity index is 1060. The zero-order valence-electron chi connectivity index (χ0n) is 14.9. The normalized spacial score (nSPS) is 12.6. The number of ether oxygens (including phenoxy) is 1. The van der Waals surface area contributed by atoms with E-state index in [9.17, 15) is 31.9 Å². The molecule has 0 radical (unpaired) electrons. The Morgan fingerprint density at radius 1 is 1.17 bits per heavy atom. The van der Waals surface area contributed by atoms with E-state index in [1.807, 2.05) is 0 Å². The summed E-state index contributed by atoms with van der Waals surface area (Å²) in [5, 5.41) is 10.1. The first-order chi connectivity index (χ1) is 14.1. The Kier molecular flexibility index (Phi) is 5.74. The summed E-state index contributed by atoms with van der Waals surface area (Å²) in [6.07, 6.45) is -4.85. The number of carbonyl (C=O) groups is 1. The van der Waals surface area contributed by atoms with E-state index in [-0.39, 0.29) is 17.1 Å². The van der Waals surface area contributed by atoms with Crippen molar-refractivity contribution < 1.29 is 41.0 Å². The molecular formula is C19H13F5N2O4. The molecule has 0 aliphatic heterocycles. The summed E-state index contributed by atoms with van der Waals surface area (Å²) in [4.78, 5) is 15.1. The fourth-order valence-corrected chi connectivity index (χ4v) is 2.50. The third-order valence-corrected chi connectivity index (χ3v) is 4.02. The molecule has 0 saturated heterocycles. The molecule has 2 aromatic carbocycles. The molecule has 0 aliphatic rings. The van der Waals surface area contributed by atoms with E-state index in [4.69, 9.17) is 14.9 Å². The van der Waals surface area contributed by atoms with E-state index in [2.05, 4.69) is 4.98 Å². The minimum atomic E-state index is -4.49. The molecule has 0 spiro atoms. The van der Waals surface area contributed by atoms with Crippen LogP contribution in [-0.2, 0) is 6.18 Å². The van der Waals surface area contributed by atoms with Gasteiger partial charge in [0.25, 0.3) is 5.91 Å². The number of primary amides is 1. The molecule has 0 saturated carbocycles. The summed E-state index contributed by atoms with van der Waals surface area (Å²) in [5.41, 5.74) is 3.29. The fourth-order valence-electron chi connectivity index (χ4n) is 2.50. The van der Waals surface area contributed by atoms with Crippen molar-refractivity contribution in [1.29, 1.82) is 0 Å². The van der Waals surface area contributed by atoms with E-state index in [1.165, 1.54) is 0 Å². The molecule has 0 bridgehead atoms. The molecule has 1 unspecified atom stereocenters. The number of rotatable bonds is 6. The largest absolute Gasteiger partial charge is 0.487 e. The van der Waals surface area contributed by atoms with Crippen LogP contribution in [0.5, 0.6) is 5.75 Å². The van der Waals surface area contributed by atoms with Gasteiger partial charge in [0.05, 0.1) is 5.56 Å². The highest BCUT2D eigenvalue weighted by Crippen LogP contribution is 2.31. The molecular weight excluding hydrogens is 415 g/mol. The number of alkyl halides is 3. The fraction of sp³-hybridized carbons (Fsp3) is 0.158. The zero-order valence-corrected chi connectivity index (χ0v) is 14.9. The van der Waals surface area contributed by atoms with Gasteiger partial charge in [0.1, 0.15) is 36.0 Å². The van der Waals surface area contributed by atoms with Crippen LogP contribution >= 0.6 is 0 Å². The monoisotopic (exact) mass is 428 g/mol. The van der Waals surface area contributed by atoms with Crippen LogP contribution in [0.3, 0.4) is 0 Å². The Morgan fingerprint density at radius 3 is 2.43 bits per heavy atom. The van der Waals surface area contributed by atoms with Crippen LogP contribution < -0.4 is 10.5 Å². The molecule has 3 aromatic rings. The Hall–Kier alpha value is -3.47. The lowest BCUT2D eigenvalue weighted by molar-refractivity contribution is -0.137. The van der Waals surface area contributed by atoms with Crippen molar-refractivity contribution in [1.82, 2.24) is 4.98 Å². The lowest BCUT2D eigenvalue weighted by atomic mass is 10.1. The summed E-state index contributed by atoms with van der Waals surface area (Å²) < 4.78 is 75.6. The highest BCUT2D eigenvalue weighted by Gasteiger charge is 2.30. The quantitative estimate of drug-likeness (QED) is 0.581. The van der Waals surface area contributed by atoms with Crippen LogP contribution in [0.1, 0.15) is 27.7 Å². The van der Waals surface area contributed by atoms with Crippen molar-refractivity contribution in [3.8, 4) is 17.2 Å². The van der Waals surface area contributed by atoms with E-state index in [0.29, 0.717) is 0 Å². The molecule has 0 aliphatic carbocycles. The van der Waals surface area contributed by atoms with Crippen molar-refractivity contribution in [2.75, 3.05) is 6.61 Å².